The molecular weight excluding hydrogens is 243 g/mol. The summed E-state index contributed by atoms with van der Waals surface area (Å²) < 4.78 is 14.0. The van der Waals surface area contributed by atoms with E-state index in [2.05, 4.69) is 23.6 Å². The van der Waals surface area contributed by atoms with Crippen LogP contribution in [0.2, 0.25) is 0 Å². The molecule has 0 spiro atoms. The molecule has 104 valence electrons. The number of rotatable bonds is 5. The normalized spacial score (nSPS) is 19.2. The lowest BCUT2D eigenvalue weighted by Crippen LogP contribution is -2.37. The maximum Gasteiger partial charge on any atom is 0.150 e. The fourth-order valence-corrected chi connectivity index (χ4v) is 2.85. The lowest BCUT2D eigenvalue weighted by molar-refractivity contribution is 0.112. The molecule has 0 N–H and O–H groups in total. The molecule has 1 aromatic carbocycles. The molecule has 0 amide bonds. The van der Waals surface area contributed by atoms with Gasteiger partial charge in [-0.3, -0.25) is 9.69 Å². The van der Waals surface area contributed by atoms with Crippen molar-refractivity contribution >= 4 is 12.0 Å². The van der Waals surface area contributed by atoms with Gasteiger partial charge in [-0.05, 0) is 37.7 Å². The molecule has 4 heteroatoms. The zero-order chi connectivity index (χ0) is 13.8. The minimum atomic E-state index is -0.301. The molecule has 1 aliphatic rings. The van der Waals surface area contributed by atoms with E-state index in [1.165, 1.54) is 6.07 Å². The number of likely N-dealkylation sites (N-methyl/N-ethyl adjacent to an activating group) is 1. The van der Waals surface area contributed by atoms with Gasteiger partial charge in [0.15, 0.2) is 0 Å². The Morgan fingerprint density at radius 1 is 1.42 bits per heavy atom. The summed E-state index contributed by atoms with van der Waals surface area (Å²) in [6.45, 7) is 8.11. The molecule has 0 aliphatic carbocycles. The smallest absolute Gasteiger partial charge is 0.150 e. The molecule has 1 atom stereocenters. The van der Waals surface area contributed by atoms with Crippen LogP contribution in [-0.2, 0) is 0 Å². The minimum Gasteiger partial charge on any atom is -0.368 e. The van der Waals surface area contributed by atoms with E-state index in [0.717, 1.165) is 32.6 Å². The fourth-order valence-electron chi connectivity index (χ4n) is 2.85. The van der Waals surface area contributed by atoms with Gasteiger partial charge in [-0.1, -0.05) is 13.8 Å². The molecule has 1 saturated heterocycles. The quantitative estimate of drug-likeness (QED) is 0.764. The largest absolute Gasteiger partial charge is 0.368 e. The Balaban J connectivity index is 2.10. The third kappa shape index (κ3) is 2.95. The summed E-state index contributed by atoms with van der Waals surface area (Å²) in [5.74, 6) is -0.301. The molecule has 1 aromatic rings. The van der Waals surface area contributed by atoms with Crippen molar-refractivity contribution in [2.24, 2.45) is 0 Å². The number of carbonyl (C=O) groups excluding carboxylic acids is 1. The summed E-state index contributed by atoms with van der Waals surface area (Å²) >= 11 is 0. The molecule has 0 radical (unpaired) electrons. The molecule has 0 aromatic heterocycles. The zero-order valence-electron chi connectivity index (χ0n) is 11.6. The van der Waals surface area contributed by atoms with Crippen molar-refractivity contribution in [1.82, 2.24) is 4.90 Å². The van der Waals surface area contributed by atoms with Crippen molar-refractivity contribution in [1.29, 1.82) is 0 Å². The average molecular weight is 264 g/mol. The summed E-state index contributed by atoms with van der Waals surface area (Å²) in [6, 6.07) is 5.20. The van der Waals surface area contributed by atoms with Crippen LogP contribution in [-0.4, -0.2) is 43.4 Å². The highest BCUT2D eigenvalue weighted by Gasteiger charge is 2.27. The molecule has 1 aliphatic heterocycles. The number of carbonyl (C=O) groups is 1. The molecule has 1 heterocycles. The number of hydrogen-bond donors (Lipinski definition) is 0. The Morgan fingerprint density at radius 3 is 2.74 bits per heavy atom. The van der Waals surface area contributed by atoms with Crippen molar-refractivity contribution in [2.45, 2.75) is 26.3 Å². The third-order valence-electron chi connectivity index (χ3n) is 3.94. The lowest BCUT2D eigenvalue weighted by atomic mass is 10.2. The fraction of sp³-hybridized carbons (Fsp3) is 0.533. The highest BCUT2D eigenvalue weighted by Crippen LogP contribution is 2.26. The van der Waals surface area contributed by atoms with E-state index in [9.17, 15) is 9.18 Å². The van der Waals surface area contributed by atoms with Gasteiger partial charge >= 0.3 is 0 Å². The van der Waals surface area contributed by atoms with Gasteiger partial charge in [0.05, 0.1) is 5.69 Å². The topological polar surface area (TPSA) is 23.6 Å². The second-order valence-corrected chi connectivity index (χ2v) is 4.94. The van der Waals surface area contributed by atoms with Crippen LogP contribution in [0.1, 0.15) is 30.6 Å². The van der Waals surface area contributed by atoms with E-state index in [0.29, 0.717) is 23.6 Å². The standard InChI is InChI=1S/C15H21FN2O/c1-3-17(4-2)13-7-8-18(10-13)15-6-5-12(11-19)9-14(15)16/h5-6,9,11,13H,3-4,7-8,10H2,1-2H3. The second-order valence-electron chi connectivity index (χ2n) is 4.94. The van der Waals surface area contributed by atoms with Crippen LogP contribution in [0.5, 0.6) is 0 Å². The minimum absolute atomic E-state index is 0.301. The van der Waals surface area contributed by atoms with Gasteiger partial charge in [0.2, 0.25) is 0 Å². The number of nitrogens with zero attached hydrogens (tertiary/aromatic N) is 2. The highest BCUT2D eigenvalue weighted by atomic mass is 19.1. The molecule has 0 saturated carbocycles. The van der Waals surface area contributed by atoms with E-state index < -0.39 is 0 Å². The third-order valence-corrected chi connectivity index (χ3v) is 3.94. The van der Waals surface area contributed by atoms with E-state index in [4.69, 9.17) is 0 Å². The molecule has 2 rings (SSSR count). The number of halogens is 1. The summed E-state index contributed by atoms with van der Waals surface area (Å²) in [5, 5.41) is 0. The molecule has 1 unspecified atom stereocenters. The van der Waals surface area contributed by atoms with Gasteiger partial charge in [0.25, 0.3) is 0 Å². The van der Waals surface area contributed by atoms with E-state index in [1.807, 2.05) is 0 Å². The summed E-state index contributed by atoms with van der Waals surface area (Å²) in [4.78, 5) is 15.1. The zero-order valence-corrected chi connectivity index (χ0v) is 11.6. The maximum absolute atomic E-state index is 14.0. The predicted octanol–water partition coefficient (Wildman–Crippen LogP) is 2.56. The van der Waals surface area contributed by atoms with Crippen molar-refractivity contribution < 1.29 is 9.18 Å². The van der Waals surface area contributed by atoms with Gasteiger partial charge in [-0.25, -0.2) is 4.39 Å². The Morgan fingerprint density at radius 2 is 2.16 bits per heavy atom. The first-order chi connectivity index (χ1) is 9.19. The average Bonchev–Trinajstić information content (AvgIpc) is 2.89. The van der Waals surface area contributed by atoms with Crippen LogP contribution >= 0.6 is 0 Å². The molecule has 3 nitrogen and oxygen atoms in total. The molecule has 0 bridgehead atoms. The van der Waals surface area contributed by atoms with E-state index in [-0.39, 0.29) is 5.82 Å². The Labute approximate surface area is 114 Å². The van der Waals surface area contributed by atoms with E-state index in [1.54, 1.807) is 12.1 Å². The Hall–Kier alpha value is -1.42. The number of anilines is 1. The molecular formula is C15H21FN2O. The summed E-state index contributed by atoms with van der Waals surface area (Å²) in [7, 11) is 0. The first-order valence-electron chi connectivity index (χ1n) is 6.93. The second kappa shape index (κ2) is 6.15. The summed E-state index contributed by atoms with van der Waals surface area (Å²) in [5.41, 5.74) is 1.00. The Bertz CT molecular complexity index is 446. The van der Waals surface area contributed by atoms with Crippen molar-refractivity contribution in [2.75, 3.05) is 31.1 Å². The first-order valence-corrected chi connectivity index (χ1v) is 6.93. The van der Waals surface area contributed by atoms with Gasteiger partial charge in [-0.2, -0.15) is 0 Å². The first kappa shape index (κ1) is 14.0. The van der Waals surface area contributed by atoms with Crippen LogP contribution < -0.4 is 4.90 Å². The van der Waals surface area contributed by atoms with Crippen LogP contribution in [0.4, 0.5) is 10.1 Å². The predicted molar refractivity (Wildman–Crippen MR) is 75.3 cm³/mol. The molecule has 1 fully saturated rings. The number of benzene rings is 1. The molecule has 19 heavy (non-hydrogen) atoms. The van der Waals surface area contributed by atoms with E-state index >= 15 is 0 Å². The van der Waals surface area contributed by atoms with Crippen LogP contribution in [0.3, 0.4) is 0 Å². The number of hydrogen-bond acceptors (Lipinski definition) is 3. The van der Waals surface area contributed by atoms with Gasteiger partial charge in [-0.15, -0.1) is 0 Å². The lowest BCUT2D eigenvalue weighted by Gasteiger charge is -2.26. The van der Waals surface area contributed by atoms with Gasteiger partial charge in [0.1, 0.15) is 12.1 Å². The van der Waals surface area contributed by atoms with Crippen molar-refractivity contribution in [3.8, 4) is 0 Å². The highest BCUT2D eigenvalue weighted by molar-refractivity contribution is 5.76. The van der Waals surface area contributed by atoms with Gasteiger partial charge < -0.3 is 4.90 Å². The van der Waals surface area contributed by atoms with Gasteiger partial charge in [0, 0.05) is 24.7 Å². The maximum atomic E-state index is 14.0. The number of aldehydes is 1. The Kier molecular flexibility index (Phi) is 4.53. The monoisotopic (exact) mass is 264 g/mol. The van der Waals surface area contributed by atoms with Crippen LogP contribution in [0, 0.1) is 5.82 Å². The van der Waals surface area contributed by atoms with Crippen molar-refractivity contribution in [3.63, 3.8) is 0 Å². The van der Waals surface area contributed by atoms with Crippen LogP contribution in [0.15, 0.2) is 18.2 Å². The summed E-state index contributed by atoms with van der Waals surface area (Å²) in [6.07, 6.45) is 1.74. The SMILES string of the molecule is CCN(CC)C1CCN(c2ccc(C=O)cc2F)C1. The van der Waals surface area contributed by atoms with Crippen molar-refractivity contribution in [3.05, 3.63) is 29.6 Å². The van der Waals surface area contributed by atoms with Crippen LogP contribution in [0.25, 0.3) is 0 Å².